The summed E-state index contributed by atoms with van der Waals surface area (Å²) in [6.07, 6.45) is 1.45. The summed E-state index contributed by atoms with van der Waals surface area (Å²) < 4.78 is 39.3. The Morgan fingerprint density at radius 2 is 1.69 bits per heavy atom. The fraction of sp³-hybridized carbons (Fsp3) is 0.231. The number of aryl methyl sites for hydroxylation is 3. The van der Waals surface area contributed by atoms with Gasteiger partial charge in [-0.15, -0.1) is 0 Å². The Hall–Kier alpha value is -3.40. The van der Waals surface area contributed by atoms with Gasteiger partial charge in [0.05, 0.1) is 17.7 Å². The Morgan fingerprint density at radius 1 is 1.03 bits per heavy atom. The van der Waals surface area contributed by atoms with E-state index in [2.05, 4.69) is 10.5 Å². The van der Waals surface area contributed by atoms with Gasteiger partial charge in [-0.1, -0.05) is 41.4 Å². The van der Waals surface area contributed by atoms with E-state index in [-0.39, 0.29) is 18.2 Å². The molecule has 188 valence electrons. The second-order valence-electron chi connectivity index (χ2n) is 8.53. The van der Waals surface area contributed by atoms with Gasteiger partial charge in [0, 0.05) is 11.6 Å². The Balaban J connectivity index is 1.55. The monoisotopic (exact) mass is 527 g/mol. The van der Waals surface area contributed by atoms with Crippen molar-refractivity contribution in [2.45, 2.75) is 32.2 Å². The van der Waals surface area contributed by atoms with Gasteiger partial charge in [-0.25, -0.2) is 13.8 Å². The summed E-state index contributed by atoms with van der Waals surface area (Å²) in [5.74, 6) is 0.655. The first-order valence-corrected chi connectivity index (χ1v) is 13.0. The smallest absolute Gasteiger partial charge is 0.255 e. The molecule has 1 heterocycles. The van der Waals surface area contributed by atoms with Crippen LogP contribution in [0, 0.1) is 20.8 Å². The third kappa shape index (κ3) is 5.87. The molecule has 4 rings (SSSR count). The van der Waals surface area contributed by atoms with Gasteiger partial charge in [0.15, 0.2) is 11.5 Å². The molecule has 0 fully saturated rings. The lowest BCUT2D eigenvalue weighted by atomic mass is 10.1. The number of nitrogens with one attached hydrogen (secondary N) is 1. The van der Waals surface area contributed by atoms with Crippen molar-refractivity contribution < 1.29 is 22.7 Å². The lowest BCUT2D eigenvalue weighted by molar-refractivity contribution is -0.121. The Bertz CT molecular complexity index is 1400. The van der Waals surface area contributed by atoms with Crippen LogP contribution in [0.4, 0.5) is 0 Å². The molecule has 1 N–H and O–H groups in total. The average molecular weight is 528 g/mol. The Morgan fingerprint density at radius 3 is 2.39 bits per heavy atom. The zero-order valence-corrected chi connectivity index (χ0v) is 21.7. The predicted octanol–water partition coefficient (Wildman–Crippen LogP) is 4.34. The molecule has 1 amide bonds. The largest absolute Gasteiger partial charge is 0.454 e. The zero-order valence-electron chi connectivity index (χ0n) is 20.1. The van der Waals surface area contributed by atoms with Crippen LogP contribution in [0.1, 0.15) is 27.8 Å². The maximum absolute atomic E-state index is 13.8. The fourth-order valence-corrected chi connectivity index (χ4v) is 6.01. The first-order chi connectivity index (χ1) is 17.1. The molecule has 0 atom stereocenters. The standard InChI is InChI=1S/C26H26ClN3O5S/c1-17-10-18(2)26(19(3)11-17)36(32,33)30(14-20-4-7-22(27)8-5-20)15-25(31)29-28-13-21-6-9-23-24(12-21)35-16-34-23/h4-13H,14-16H2,1-3H3,(H,29,31)/b28-13+. The van der Waals surface area contributed by atoms with Gasteiger partial charge >= 0.3 is 0 Å². The molecule has 0 saturated carbocycles. The quantitative estimate of drug-likeness (QED) is 0.347. The summed E-state index contributed by atoms with van der Waals surface area (Å²) in [7, 11) is -4.01. The zero-order chi connectivity index (χ0) is 25.9. The van der Waals surface area contributed by atoms with Gasteiger partial charge in [0.1, 0.15) is 0 Å². The number of ether oxygens (including phenoxy) is 2. The number of carbonyl (C=O) groups excluding carboxylic acids is 1. The maximum Gasteiger partial charge on any atom is 0.255 e. The summed E-state index contributed by atoms with van der Waals surface area (Å²) >= 11 is 5.99. The predicted molar refractivity (Wildman–Crippen MR) is 138 cm³/mol. The van der Waals surface area contributed by atoms with Crippen LogP contribution in [0.25, 0.3) is 0 Å². The molecule has 1 aliphatic heterocycles. The van der Waals surface area contributed by atoms with E-state index in [1.165, 1.54) is 6.21 Å². The number of hydrogen-bond donors (Lipinski definition) is 1. The number of fused-ring (bicyclic) bond motifs is 1. The van der Waals surface area contributed by atoms with Crippen LogP contribution < -0.4 is 14.9 Å². The minimum absolute atomic E-state index is 0.00838. The number of halogens is 1. The number of rotatable bonds is 8. The topological polar surface area (TPSA) is 97.3 Å². The van der Waals surface area contributed by atoms with Gasteiger partial charge in [-0.2, -0.15) is 9.41 Å². The molecule has 0 spiro atoms. The number of nitrogens with zero attached hydrogens (tertiary/aromatic N) is 2. The van der Waals surface area contributed by atoms with E-state index >= 15 is 0 Å². The normalized spacial score (nSPS) is 12.9. The molecule has 8 nitrogen and oxygen atoms in total. The molecule has 0 aliphatic carbocycles. The highest BCUT2D eigenvalue weighted by molar-refractivity contribution is 7.89. The molecule has 0 bridgehead atoms. The number of benzene rings is 3. The van der Waals surface area contributed by atoms with Crippen molar-refractivity contribution in [3.8, 4) is 11.5 Å². The summed E-state index contributed by atoms with van der Waals surface area (Å²) in [6, 6.07) is 15.7. The molecular formula is C26H26ClN3O5S. The molecule has 0 saturated heterocycles. The molecular weight excluding hydrogens is 502 g/mol. The van der Waals surface area contributed by atoms with Crippen LogP contribution in [0.5, 0.6) is 11.5 Å². The van der Waals surface area contributed by atoms with Crippen molar-refractivity contribution >= 4 is 33.7 Å². The van der Waals surface area contributed by atoms with E-state index in [9.17, 15) is 13.2 Å². The van der Waals surface area contributed by atoms with Crippen molar-refractivity contribution in [1.82, 2.24) is 9.73 Å². The lowest BCUT2D eigenvalue weighted by Crippen LogP contribution is -2.39. The molecule has 3 aromatic carbocycles. The van der Waals surface area contributed by atoms with E-state index in [0.29, 0.717) is 38.8 Å². The van der Waals surface area contributed by atoms with Crippen molar-refractivity contribution in [2.75, 3.05) is 13.3 Å². The van der Waals surface area contributed by atoms with Crippen LogP contribution >= 0.6 is 11.6 Å². The molecule has 1 aliphatic rings. The third-order valence-corrected chi connectivity index (χ3v) is 7.94. The number of hydrazone groups is 1. The summed E-state index contributed by atoms with van der Waals surface area (Å²) in [6.45, 7) is 5.14. The number of sulfonamides is 1. The Kier molecular flexibility index (Phi) is 7.63. The van der Waals surface area contributed by atoms with Crippen LogP contribution in [0.2, 0.25) is 5.02 Å². The van der Waals surface area contributed by atoms with E-state index in [1.54, 1.807) is 56.3 Å². The summed E-state index contributed by atoms with van der Waals surface area (Å²) in [5, 5.41) is 4.52. The van der Waals surface area contributed by atoms with E-state index in [0.717, 1.165) is 9.87 Å². The molecule has 0 aromatic heterocycles. The summed E-state index contributed by atoms with van der Waals surface area (Å²) in [5.41, 5.74) is 6.01. The maximum atomic E-state index is 13.8. The minimum Gasteiger partial charge on any atom is -0.454 e. The highest BCUT2D eigenvalue weighted by atomic mass is 35.5. The molecule has 0 radical (unpaired) electrons. The first kappa shape index (κ1) is 25.7. The van der Waals surface area contributed by atoms with E-state index in [4.69, 9.17) is 21.1 Å². The fourth-order valence-electron chi connectivity index (χ4n) is 4.09. The number of amides is 1. The van der Waals surface area contributed by atoms with Crippen LogP contribution in [0.3, 0.4) is 0 Å². The number of carbonyl (C=O) groups is 1. The molecule has 36 heavy (non-hydrogen) atoms. The molecule has 3 aromatic rings. The van der Waals surface area contributed by atoms with E-state index < -0.39 is 22.5 Å². The minimum atomic E-state index is -4.01. The summed E-state index contributed by atoms with van der Waals surface area (Å²) in [4.78, 5) is 13.0. The first-order valence-electron chi connectivity index (χ1n) is 11.2. The Labute approximate surface area is 215 Å². The second kappa shape index (κ2) is 10.7. The van der Waals surface area contributed by atoms with Crippen molar-refractivity contribution in [3.05, 3.63) is 87.4 Å². The average Bonchev–Trinajstić information content (AvgIpc) is 3.27. The van der Waals surface area contributed by atoms with Crippen molar-refractivity contribution in [2.24, 2.45) is 5.10 Å². The van der Waals surface area contributed by atoms with Crippen LogP contribution in [-0.2, 0) is 21.4 Å². The third-order valence-electron chi connectivity index (χ3n) is 5.59. The van der Waals surface area contributed by atoms with Gasteiger partial charge in [0.25, 0.3) is 5.91 Å². The highest BCUT2D eigenvalue weighted by Crippen LogP contribution is 2.32. The van der Waals surface area contributed by atoms with Crippen molar-refractivity contribution in [3.63, 3.8) is 0 Å². The molecule has 0 unspecified atom stereocenters. The molecule has 10 heteroatoms. The van der Waals surface area contributed by atoms with Crippen molar-refractivity contribution in [1.29, 1.82) is 0 Å². The van der Waals surface area contributed by atoms with Gasteiger partial charge in [-0.3, -0.25) is 4.79 Å². The lowest BCUT2D eigenvalue weighted by Gasteiger charge is -2.24. The second-order valence-corrected chi connectivity index (χ2v) is 10.8. The van der Waals surface area contributed by atoms with Gasteiger partial charge < -0.3 is 9.47 Å². The highest BCUT2D eigenvalue weighted by Gasteiger charge is 2.30. The SMILES string of the molecule is Cc1cc(C)c(S(=O)(=O)N(CC(=O)N/N=C/c2ccc3c(c2)OCO3)Cc2ccc(Cl)cc2)c(C)c1. The van der Waals surface area contributed by atoms with E-state index in [1.807, 2.05) is 19.1 Å². The van der Waals surface area contributed by atoms with Crippen LogP contribution in [0.15, 0.2) is 64.6 Å². The van der Waals surface area contributed by atoms with Gasteiger partial charge in [-0.05, 0) is 73.4 Å². The van der Waals surface area contributed by atoms with Gasteiger partial charge in [0.2, 0.25) is 16.8 Å². The number of hydrogen-bond acceptors (Lipinski definition) is 6. The van der Waals surface area contributed by atoms with Crippen LogP contribution in [-0.4, -0.2) is 38.2 Å².